The molecule has 5 rings (SSSR count). The summed E-state index contributed by atoms with van der Waals surface area (Å²) in [5.41, 5.74) is 3.57. The van der Waals surface area contributed by atoms with Crippen molar-refractivity contribution in [2.24, 2.45) is 0 Å². The number of carbonyl (C=O) groups is 1. The van der Waals surface area contributed by atoms with Crippen molar-refractivity contribution in [3.05, 3.63) is 66.2 Å². The highest BCUT2D eigenvalue weighted by atomic mass is 32.2. The number of nitrogens with zero attached hydrogens (tertiary/aromatic N) is 1. The molecule has 8 nitrogen and oxygen atoms in total. The molecule has 0 spiro atoms. The molecule has 2 heterocycles. The Balaban J connectivity index is 1.45. The highest BCUT2D eigenvalue weighted by molar-refractivity contribution is 7.94. The predicted octanol–water partition coefficient (Wildman–Crippen LogP) is 3.75. The molecule has 0 atom stereocenters. The Morgan fingerprint density at radius 2 is 1.79 bits per heavy atom. The van der Waals surface area contributed by atoms with Crippen molar-refractivity contribution in [2.75, 3.05) is 14.8 Å². The second kappa shape index (κ2) is 7.60. The third kappa shape index (κ3) is 3.65. The number of para-hydroxylation sites is 1. The van der Waals surface area contributed by atoms with Crippen LogP contribution in [0.2, 0.25) is 0 Å². The molecule has 1 amide bonds. The van der Waals surface area contributed by atoms with Crippen LogP contribution in [0.15, 0.2) is 65.6 Å². The van der Waals surface area contributed by atoms with Gasteiger partial charge in [0.05, 0.1) is 22.0 Å². The molecule has 4 aromatic rings. The number of aryl methyl sites for hydroxylation is 1. The van der Waals surface area contributed by atoms with Gasteiger partial charge in [-0.05, 0) is 48.4 Å². The van der Waals surface area contributed by atoms with Crippen LogP contribution in [0.4, 0.5) is 11.4 Å². The second-order valence-electron chi connectivity index (χ2n) is 7.90. The van der Waals surface area contributed by atoms with Gasteiger partial charge in [0.15, 0.2) is 0 Å². The van der Waals surface area contributed by atoms with Crippen molar-refractivity contribution in [3.63, 3.8) is 0 Å². The number of rotatable bonds is 5. The summed E-state index contributed by atoms with van der Waals surface area (Å²) in [5, 5.41) is 2.09. The normalized spacial score (nSPS) is 16.0. The van der Waals surface area contributed by atoms with E-state index in [0.29, 0.717) is 5.69 Å². The van der Waals surface area contributed by atoms with E-state index in [4.69, 9.17) is 0 Å². The van der Waals surface area contributed by atoms with Gasteiger partial charge in [-0.2, -0.15) is 0 Å². The number of aromatic nitrogens is 1. The van der Waals surface area contributed by atoms with Crippen LogP contribution in [-0.2, 0) is 31.3 Å². The molecule has 33 heavy (non-hydrogen) atoms. The lowest BCUT2D eigenvalue weighted by atomic mass is 10.1. The predicted molar refractivity (Wildman–Crippen MR) is 128 cm³/mol. The molecule has 0 saturated carbocycles. The number of carbonyl (C=O) groups excluding carboxylic acids is 1. The first kappa shape index (κ1) is 21.5. The van der Waals surface area contributed by atoms with Crippen LogP contribution in [-0.4, -0.2) is 33.5 Å². The maximum Gasteiger partial charge on any atom is 0.261 e. The third-order valence-electron chi connectivity index (χ3n) is 5.81. The van der Waals surface area contributed by atoms with Crippen LogP contribution in [0.3, 0.4) is 0 Å². The Hall–Kier alpha value is -3.37. The fourth-order valence-corrected chi connectivity index (χ4v) is 6.70. The summed E-state index contributed by atoms with van der Waals surface area (Å²) in [6, 6.07) is 16.6. The zero-order valence-corrected chi connectivity index (χ0v) is 19.3. The molecule has 1 aliphatic heterocycles. The number of hydrogen-bond acceptors (Lipinski definition) is 5. The summed E-state index contributed by atoms with van der Waals surface area (Å²) < 4.78 is 53.3. The standard InChI is InChI=1S/C23H21N3O5S2/c1-2-15-4-3-5-20-19-11-6-16(14-21(19)24-23(15)20)25-33(30,31)18-9-7-17(8-10-18)26-22(27)12-13-32(26,28)29/h3-11,14,24-25H,2,12-13H2,1H3. The summed E-state index contributed by atoms with van der Waals surface area (Å²) >= 11 is 0. The zero-order chi connectivity index (χ0) is 23.4. The van der Waals surface area contributed by atoms with Crippen molar-refractivity contribution in [1.29, 1.82) is 0 Å². The van der Waals surface area contributed by atoms with Gasteiger partial charge in [0.1, 0.15) is 0 Å². The van der Waals surface area contributed by atoms with Crippen molar-refractivity contribution in [2.45, 2.75) is 24.7 Å². The van der Waals surface area contributed by atoms with Crippen LogP contribution in [0.1, 0.15) is 18.9 Å². The topological polar surface area (TPSA) is 116 Å². The Morgan fingerprint density at radius 3 is 2.45 bits per heavy atom. The van der Waals surface area contributed by atoms with Crippen LogP contribution >= 0.6 is 0 Å². The molecule has 0 aliphatic carbocycles. The van der Waals surface area contributed by atoms with Gasteiger partial charge in [-0.25, -0.2) is 21.1 Å². The minimum absolute atomic E-state index is 0.0414. The molecule has 1 saturated heterocycles. The van der Waals surface area contributed by atoms with E-state index >= 15 is 0 Å². The van der Waals surface area contributed by atoms with E-state index in [2.05, 4.69) is 22.7 Å². The monoisotopic (exact) mass is 483 g/mol. The molecule has 1 aromatic heterocycles. The van der Waals surface area contributed by atoms with Crippen molar-refractivity contribution in [3.8, 4) is 0 Å². The Kier molecular flexibility index (Phi) is 4.95. The molecule has 10 heteroatoms. The molecule has 0 radical (unpaired) electrons. The van der Waals surface area contributed by atoms with Crippen molar-refractivity contribution < 1.29 is 21.6 Å². The quantitative estimate of drug-likeness (QED) is 0.448. The lowest BCUT2D eigenvalue weighted by Crippen LogP contribution is -2.29. The van der Waals surface area contributed by atoms with Crippen molar-refractivity contribution >= 4 is 59.1 Å². The molecule has 3 aromatic carbocycles. The van der Waals surface area contributed by atoms with E-state index in [1.807, 2.05) is 18.2 Å². The van der Waals surface area contributed by atoms with Crippen LogP contribution in [0.5, 0.6) is 0 Å². The van der Waals surface area contributed by atoms with Gasteiger partial charge in [0, 0.05) is 28.2 Å². The van der Waals surface area contributed by atoms with Gasteiger partial charge in [-0.15, -0.1) is 0 Å². The van der Waals surface area contributed by atoms with E-state index in [1.165, 1.54) is 29.8 Å². The van der Waals surface area contributed by atoms with Gasteiger partial charge in [-0.3, -0.25) is 9.52 Å². The first-order valence-electron chi connectivity index (χ1n) is 10.4. The summed E-state index contributed by atoms with van der Waals surface area (Å²) in [4.78, 5) is 15.3. The van der Waals surface area contributed by atoms with E-state index in [0.717, 1.165) is 32.5 Å². The average molecular weight is 484 g/mol. The van der Waals surface area contributed by atoms with Gasteiger partial charge < -0.3 is 4.98 Å². The van der Waals surface area contributed by atoms with E-state index in [1.54, 1.807) is 12.1 Å². The summed E-state index contributed by atoms with van der Waals surface area (Å²) in [7, 11) is -7.63. The zero-order valence-electron chi connectivity index (χ0n) is 17.7. The minimum Gasteiger partial charge on any atom is -0.354 e. The highest BCUT2D eigenvalue weighted by Crippen LogP contribution is 2.31. The van der Waals surface area contributed by atoms with E-state index < -0.39 is 26.0 Å². The number of aromatic amines is 1. The minimum atomic E-state index is -3.92. The average Bonchev–Trinajstić information content (AvgIpc) is 3.28. The van der Waals surface area contributed by atoms with Gasteiger partial charge in [0.25, 0.3) is 10.0 Å². The molecule has 170 valence electrons. The number of benzene rings is 3. The molecule has 2 N–H and O–H groups in total. The van der Waals surface area contributed by atoms with Crippen LogP contribution in [0.25, 0.3) is 21.8 Å². The Bertz CT molecular complexity index is 1620. The third-order valence-corrected chi connectivity index (χ3v) is 8.90. The number of hydrogen-bond donors (Lipinski definition) is 2. The maximum atomic E-state index is 12.9. The number of sulfonamides is 2. The Morgan fingerprint density at radius 1 is 1.03 bits per heavy atom. The summed E-state index contributed by atoms with van der Waals surface area (Å²) in [6.45, 7) is 2.08. The summed E-state index contributed by atoms with van der Waals surface area (Å²) in [5.74, 6) is -0.773. The van der Waals surface area contributed by atoms with Gasteiger partial charge >= 0.3 is 0 Å². The fraction of sp³-hybridized carbons (Fsp3) is 0.174. The first-order chi connectivity index (χ1) is 15.7. The number of amides is 1. The van der Waals surface area contributed by atoms with Crippen LogP contribution in [0, 0.1) is 0 Å². The highest BCUT2D eigenvalue weighted by Gasteiger charge is 2.36. The van der Waals surface area contributed by atoms with Gasteiger partial charge in [-0.1, -0.05) is 31.2 Å². The van der Waals surface area contributed by atoms with Crippen LogP contribution < -0.4 is 9.03 Å². The maximum absolute atomic E-state index is 12.9. The molecule has 1 fully saturated rings. The first-order valence-corrected chi connectivity index (χ1v) is 13.5. The molecule has 1 aliphatic rings. The van der Waals surface area contributed by atoms with E-state index in [9.17, 15) is 21.6 Å². The molecular weight excluding hydrogens is 462 g/mol. The molecule has 0 unspecified atom stereocenters. The Labute approximate surface area is 191 Å². The largest absolute Gasteiger partial charge is 0.354 e. The number of H-pyrrole nitrogens is 1. The number of nitrogens with one attached hydrogen (secondary N) is 2. The van der Waals surface area contributed by atoms with Gasteiger partial charge in [0.2, 0.25) is 15.9 Å². The molecule has 0 bridgehead atoms. The number of fused-ring (bicyclic) bond motifs is 3. The lowest BCUT2D eigenvalue weighted by molar-refractivity contribution is -0.116. The smallest absolute Gasteiger partial charge is 0.261 e. The summed E-state index contributed by atoms with van der Waals surface area (Å²) in [6.07, 6.45) is 0.796. The van der Waals surface area contributed by atoms with Crippen molar-refractivity contribution in [1.82, 2.24) is 4.98 Å². The fourth-order valence-electron chi connectivity index (χ4n) is 4.19. The SMILES string of the molecule is CCc1cccc2c1[nH]c1cc(NS(=O)(=O)c3ccc(N4C(=O)CCS4(=O)=O)cc3)ccc12. The molecular formula is C23H21N3O5S2. The lowest BCUT2D eigenvalue weighted by Gasteiger charge is -2.15. The number of anilines is 2. The second-order valence-corrected chi connectivity index (χ2v) is 11.5. The van der Waals surface area contributed by atoms with E-state index in [-0.39, 0.29) is 22.8 Å².